The number of esters is 1. The molecule has 0 bridgehead atoms. The Hall–Kier alpha value is -2.41. The molecule has 7 heteroatoms. The molecule has 0 radical (unpaired) electrons. The average molecular weight is 415 g/mol. The smallest absolute Gasteiger partial charge is 0.309 e. The van der Waals surface area contributed by atoms with Crippen molar-refractivity contribution < 1.29 is 9.53 Å². The van der Waals surface area contributed by atoms with Gasteiger partial charge in [0, 0.05) is 30.1 Å². The molecule has 0 amide bonds. The molecule has 6 nitrogen and oxygen atoms in total. The zero-order chi connectivity index (χ0) is 20.6. The lowest BCUT2D eigenvalue weighted by atomic mass is 9.97. The standard InChI is InChI=1S/C22H30N4O2S/c1-4-23-22(26-13-11-18(12-14-26)21(27)28-5-2)24-15-19-16(3)25-20(29-19)17-9-7-6-8-10-17/h6-10,18H,4-5,11-15H2,1-3H3,(H,23,24). The van der Waals surface area contributed by atoms with Crippen LogP contribution >= 0.6 is 11.3 Å². The lowest BCUT2D eigenvalue weighted by molar-refractivity contribution is -0.149. The third-order valence-corrected chi connectivity index (χ3v) is 6.23. The molecule has 1 aliphatic heterocycles. The number of hydrogen-bond acceptors (Lipinski definition) is 5. The fraction of sp³-hybridized carbons (Fsp3) is 0.500. The summed E-state index contributed by atoms with van der Waals surface area (Å²) in [5, 5.41) is 4.43. The van der Waals surface area contributed by atoms with E-state index >= 15 is 0 Å². The minimum Gasteiger partial charge on any atom is -0.466 e. The molecular formula is C22H30N4O2S. The van der Waals surface area contributed by atoms with Gasteiger partial charge in [-0.1, -0.05) is 30.3 Å². The Morgan fingerprint density at radius 2 is 2.00 bits per heavy atom. The molecular weight excluding hydrogens is 384 g/mol. The summed E-state index contributed by atoms with van der Waals surface area (Å²) < 4.78 is 5.17. The van der Waals surface area contributed by atoms with Gasteiger partial charge in [0.15, 0.2) is 5.96 Å². The van der Waals surface area contributed by atoms with Crippen molar-refractivity contribution in [2.45, 2.75) is 40.2 Å². The highest BCUT2D eigenvalue weighted by atomic mass is 32.1. The third kappa shape index (κ3) is 5.56. The quantitative estimate of drug-likeness (QED) is 0.442. The molecule has 156 valence electrons. The van der Waals surface area contributed by atoms with E-state index in [1.807, 2.05) is 32.0 Å². The number of benzene rings is 1. The van der Waals surface area contributed by atoms with Gasteiger partial charge in [0.2, 0.25) is 0 Å². The monoisotopic (exact) mass is 414 g/mol. The van der Waals surface area contributed by atoms with Crippen LogP contribution in [0.1, 0.15) is 37.3 Å². The van der Waals surface area contributed by atoms with Gasteiger partial charge in [0.1, 0.15) is 5.01 Å². The van der Waals surface area contributed by atoms with Gasteiger partial charge in [-0.2, -0.15) is 0 Å². The second kappa shape index (κ2) is 10.4. The fourth-order valence-electron chi connectivity index (χ4n) is 3.44. The van der Waals surface area contributed by atoms with E-state index in [1.165, 1.54) is 4.88 Å². The first-order valence-electron chi connectivity index (χ1n) is 10.3. The van der Waals surface area contributed by atoms with Gasteiger partial charge >= 0.3 is 5.97 Å². The minimum atomic E-state index is -0.0668. The van der Waals surface area contributed by atoms with Crippen molar-refractivity contribution in [1.82, 2.24) is 15.2 Å². The lowest BCUT2D eigenvalue weighted by Gasteiger charge is -2.33. The molecule has 0 atom stereocenters. The topological polar surface area (TPSA) is 66.8 Å². The highest BCUT2D eigenvalue weighted by molar-refractivity contribution is 7.15. The van der Waals surface area contributed by atoms with Crippen LogP contribution in [-0.2, 0) is 16.1 Å². The number of nitrogens with zero attached hydrogens (tertiary/aromatic N) is 3. The van der Waals surface area contributed by atoms with Crippen molar-refractivity contribution in [3.05, 3.63) is 40.9 Å². The number of aromatic nitrogens is 1. The van der Waals surface area contributed by atoms with Crippen molar-refractivity contribution in [3.8, 4) is 10.6 Å². The predicted molar refractivity (Wildman–Crippen MR) is 118 cm³/mol. The van der Waals surface area contributed by atoms with Gasteiger partial charge in [-0.3, -0.25) is 4.79 Å². The molecule has 1 fully saturated rings. The number of rotatable bonds is 6. The number of nitrogens with one attached hydrogen (secondary N) is 1. The Labute approximate surface area is 177 Å². The summed E-state index contributed by atoms with van der Waals surface area (Å²) in [5.41, 5.74) is 2.18. The maximum absolute atomic E-state index is 12.0. The second-order valence-electron chi connectivity index (χ2n) is 7.08. The van der Waals surface area contributed by atoms with E-state index < -0.39 is 0 Å². The van der Waals surface area contributed by atoms with Crippen LogP contribution in [0.15, 0.2) is 35.3 Å². The number of hydrogen-bond donors (Lipinski definition) is 1. The van der Waals surface area contributed by atoms with E-state index in [1.54, 1.807) is 11.3 Å². The molecule has 2 heterocycles. The number of aryl methyl sites for hydroxylation is 1. The Morgan fingerprint density at radius 1 is 1.28 bits per heavy atom. The molecule has 1 aromatic carbocycles. The van der Waals surface area contributed by atoms with E-state index in [0.29, 0.717) is 13.2 Å². The molecule has 2 aromatic rings. The van der Waals surface area contributed by atoms with E-state index in [9.17, 15) is 4.79 Å². The Kier molecular flexibility index (Phi) is 7.63. The molecule has 3 rings (SSSR count). The average Bonchev–Trinajstić information content (AvgIpc) is 3.12. The van der Waals surface area contributed by atoms with Crippen LogP contribution < -0.4 is 5.32 Å². The van der Waals surface area contributed by atoms with Crippen LogP contribution in [0.2, 0.25) is 0 Å². The van der Waals surface area contributed by atoms with E-state index in [4.69, 9.17) is 14.7 Å². The Morgan fingerprint density at radius 3 is 2.66 bits per heavy atom. The molecule has 0 spiro atoms. The number of aliphatic imine (C=N–C) groups is 1. The summed E-state index contributed by atoms with van der Waals surface area (Å²) in [6.07, 6.45) is 1.61. The highest BCUT2D eigenvalue weighted by Crippen LogP contribution is 2.28. The maximum Gasteiger partial charge on any atom is 0.309 e. The van der Waals surface area contributed by atoms with E-state index in [2.05, 4.69) is 29.3 Å². The van der Waals surface area contributed by atoms with Gasteiger partial charge in [0.25, 0.3) is 0 Å². The number of ether oxygens (including phenoxy) is 1. The Bertz CT molecular complexity index is 827. The number of carbonyl (C=O) groups excluding carboxylic acids is 1. The summed E-state index contributed by atoms with van der Waals surface area (Å²) >= 11 is 1.70. The van der Waals surface area contributed by atoms with Crippen molar-refractivity contribution in [2.24, 2.45) is 10.9 Å². The molecule has 1 saturated heterocycles. The SMILES string of the molecule is CCNC(=NCc1sc(-c2ccccc2)nc1C)N1CCC(C(=O)OCC)CC1. The van der Waals surface area contributed by atoms with Gasteiger partial charge in [-0.05, 0) is 33.6 Å². The van der Waals surface area contributed by atoms with Crippen LogP contribution in [-0.4, -0.2) is 48.1 Å². The van der Waals surface area contributed by atoms with Crippen LogP contribution in [0.25, 0.3) is 10.6 Å². The molecule has 0 aliphatic carbocycles. The van der Waals surface area contributed by atoms with Crippen molar-refractivity contribution >= 4 is 23.3 Å². The molecule has 1 aromatic heterocycles. The van der Waals surface area contributed by atoms with Crippen molar-refractivity contribution in [1.29, 1.82) is 0 Å². The van der Waals surface area contributed by atoms with E-state index in [-0.39, 0.29) is 11.9 Å². The maximum atomic E-state index is 12.0. The number of likely N-dealkylation sites (tertiary alicyclic amines) is 1. The predicted octanol–water partition coefficient (Wildman–Crippen LogP) is 3.86. The molecule has 0 unspecified atom stereocenters. The van der Waals surface area contributed by atoms with Crippen molar-refractivity contribution in [2.75, 3.05) is 26.2 Å². The normalized spacial score (nSPS) is 15.4. The Balaban J connectivity index is 1.66. The number of thiazole rings is 1. The highest BCUT2D eigenvalue weighted by Gasteiger charge is 2.27. The van der Waals surface area contributed by atoms with Crippen LogP contribution in [0, 0.1) is 12.8 Å². The summed E-state index contributed by atoms with van der Waals surface area (Å²) in [4.78, 5) is 25.0. The summed E-state index contributed by atoms with van der Waals surface area (Å²) in [6, 6.07) is 10.3. The first kappa shape index (κ1) is 21.3. The number of piperidine rings is 1. The van der Waals surface area contributed by atoms with Crippen LogP contribution in [0.3, 0.4) is 0 Å². The first-order chi connectivity index (χ1) is 14.1. The van der Waals surface area contributed by atoms with Gasteiger partial charge in [-0.15, -0.1) is 11.3 Å². The van der Waals surface area contributed by atoms with Crippen molar-refractivity contribution in [3.63, 3.8) is 0 Å². The number of guanidine groups is 1. The largest absolute Gasteiger partial charge is 0.466 e. The zero-order valence-electron chi connectivity index (χ0n) is 17.5. The van der Waals surface area contributed by atoms with Crippen LogP contribution in [0.5, 0.6) is 0 Å². The van der Waals surface area contributed by atoms with Gasteiger partial charge in [-0.25, -0.2) is 9.98 Å². The summed E-state index contributed by atoms with van der Waals surface area (Å²) in [7, 11) is 0. The third-order valence-electron chi connectivity index (χ3n) is 5.04. The second-order valence-corrected chi connectivity index (χ2v) is 8.16. The zero-order valence-corrected chi connectivity index (χ0v) is 18.3. The first-order valence-corrected chi connectivity index (χ1v) is 11.2. The summed E-state index contributed by atoms with van der Waals surface area (Å²) in [5.74, 6) is 0.845. The molecule has 0 saturated carbocycles. The molecule has 1 N–H and O–H groups in total. The number of carbonyl (C=O) groups is 1. The van der Waals surface area contributed by atoms with Gasteiger partial charge < -0.3 is 15.0 Å². The molecule has 1 aliphatic rings. The van der Waals surface area contributed by atoms with Gasteiger partial charge in [0.05, 0.1) is 24.8 Å². The summed E-state index contributed by atoms with van der Waals surface area (Å²) in [6.45, 7) is 9.47. The fourth-order valence-corrected chi connectivity index (χ4v) is 4.43. The molecule has 29 heavy (non-hydrogen) atoms. The van der Waals surface area contributed by atoms with Crippen LogP contribution in [0.4, 0.5) is 0 Å². The minimum absolute atomic E-state index is 0.00578. The van der Waals surface area contributed by atoms with E-state index in [0.717, 1.165) is 54.7 Å². The lowest BCUT2D eigenvalue weighted by Crippen LogP contribution is -2.46.